The number of amides is 2. The lowest BCUT2D eigenvalue weighted by atomic mass is 9.96. The quantitative estimate of drug-likeness (QED) is 0.745. The highest BCUT2D eigenvalue weighted by molar-refractivity contribution is 5.88. The smallest absolute Gasteiger partial charge is 0.419 e. The zero-order valence-corrected chi connectivity index (χ0v) is 16.4. The molecule has 1 fully saturated rings. The van der Waals surface area contributed by atoms with Crippen LogP contribution in [-0.2, 0) is 22.3 Å². The average Bonchev–Trinajstić information content (AvgIpc) is 3.25. The molecular formula is C20H23F3N4O3. The standard InChI is InChI=1S/C20H23F3N4O3/c1-13(18(28)25-11-15-6-4-10-30-15)26-19(29)14-5-3-9-27(12-14)17-16(20(21,22)23)7-2-8-24-17/h2,4,6-8,10,13-14H,3,5,9,11-12H2,1H3,(H,25,28)(H,26,29). The van der Waals surface area contributed by atoms with Gasteiger partial charge in [0.1, 0.15) is 17.6 Å². The summed E-state index contributed by atoms with van der Waals surface area (Å²) in [6.45, 7) is 2.23. The third kappa shape index (κ3) is 5.31. The van der Waals surface area contributed by atoms with Gasteiger partial charge in [-0.1, -0.05) is 0 Å². The van der Waals surface area contributed by atoms with Crippen LogP contribution in [0.2, 0.25) is 0 Å². The van der Waals surface area contributed by atoms with Crippen molar-refractivity contribution in [3.8, 4) is 0 Å². The van der Waals surface area contributed by atoms with Gasteiger partial charge in [-0.2, -0.15) is 13.2 Å². The van der Waals surface area contributed by atoms with Crippen molar-refractivity contribution < 1.29 is 27.2 Å². The summed E-state index contributed by atoms with van der Waals surface area (Å²) in [5.41, 5.74) is -0.822. The van der Waals surface area contributed by atoms with Gasteiger partial charge in [0.15, 0.2) is 0 Å². The number of carbonyl (C=O) groups is 2. The van der Waals surface area contributed by atoms with E-state index in [0.29, 0.717) is 25.1 Å². The molecule has 0 aromatic carbocycles. The summed E-state index contributed by atoms with van der Waals surface area (Å²) < 4.78 is 45.0. The Labute approximate surface area is 171 Å². The fourth-order valence-corrected chi connectivity index (χ4v) is 3.39. The number of nitrogens with one attached hydrogen (secondary N) is 2. The summed E-state index contributed by atoms with van der Waals surface area (Å²) in [6.07, 6.45) is -0.658. The maximum absolute atomic E-state index is 13.3. The molecule has 0 radical (unpaired) electrons. The van der Waals surface area contributed by atoms with Crippen LogP contribution in [0.4, 0.5) is 19.0 Å². The summed E-state index contributed by atoms with van der Waals surface area (Å²) in [4.78, 5) is 30.2. The molecule has 1 saturated heterocycles. The van der Waals surface area contributed by atoms with Gasteiger partial charge < -0.3 is 20.0 Å². The SMILES string of the molecule is CC(NC(=O)C1CCCN(c2ncccc2C(F)(F)F)C1)C(=O)NCc1ccco1. The van der Waals surface area contributed by atoms with Crippen molar-refractivity contribution in [1.82, 2.24) is 15.6 Å². The fraction of sp³-hybridized carbons (Fsp3) is 0.450. The van der Waals surface area contributed by atoms with Crippen molar-refractivity contribution in [3.05, 3.63) is 48.0 Å². The first kappa shape index (κ1) is 21.7. The summed E-state index contributed by atoms with van der Waals surface area (Å²) >= 11 is 0. The largest absolute Gasteiger partial charge is 0.467 e. The molecule has 1 aliphatic rings. The predicted octanol–water partition coefficient (Wildman–Crippen LogP) is 2.73. The van der Waals surface area contributed by atoms with Crippen LogP contribution in [0.1, 0.15) is 31.1 Å². The minimum atomic E-state index is -4.53. The zero-order valence-electron chi connectivity index (χ0n) is 16.4. The third-order valence-electron chi connectivity index (χ3n) is 4.95. The second-order valence-corrected chi connectivity index (χ2v) is 7.18. The van der Waals surface area contributed by atoms with Crippen LogP contribution in [0.5, 0.6) is 0 Å². The first-order valence-electron chi connectivity index (χ1n) is 9.63. The Hall–Kier alpha value is -3.04. The van der Waals surface area contributed by atoms with Crippen LogP contribution in [0.3, 0.4) is 0 Å². The second kappa shape index (κ2) is 9.19. The molecule has 3 heterocycles. The molecule has 0 bridgehead atoms. The average molecular weight is 424 g/mol. The highest BCUT2D eigenvalue weighted by atomic mass is 19.4. The van der Waals surface area contributed by atoms with Gasteiger partial charge in [-0.3, -0.25) is 9.59 Å². The van der Waals surface area contributed by atoms with E-state index >= 15 is 0 Å². The molecule has 3 rings (SSSR count). The highest BCUT2D eigenvalue weighted by Crippen LogP contribution is 2.36. The molecule has 30 heavy (non-hydrogen) atoms. The van der Waals surface area contributed by atoms with Crippen LogP contribution >= 0.6 is 0 Å². The van der Waals surface area contributed by atoms with Gasteiger partial charge in [0.25, 0.3) is 0 Å². The number of carbonyl (C=O) groups excluding carboxylic acids is 2. The molecule has 2 aromatic heterocycles. The topological polar surface area (TPSA) is 87.5 Å². The normalized spacial score (nSPS) is 18.0. The molecule has 162 valence electrons. The molecule has 0 aliphatic carbocycles. The summed E-state index contributed by atoms with van der Waals surface area (Å²) in [6, 6.07) is 4.85. The second-order valence-electron chi connectivity index (χ2n) is 7.18. The van der Waals surface area contributed by atoms with E-state index in [-0.39, 0.29) is 30.7 Å². The highest BCUT2D eigenvalue weighted by Gasteiger charge is 2.37. The molecular weight excluding hydrogens is 401 g/mol. The number of rotatable bonds is 6. The summed E-state index contributed by atoms with van der Waals surface area (Å²) in [5.74, 6) is -0.879. The van der Waals surface area contributed by atoms with Crippen molar-refractivity contribution in [2.45, 2.75) is 38.5 Å². The monoisotopic (exact) mass is 424 g/mol. The van der Waals surface area contributed by atoms with Crippen LogP contribution in [0.25, 0.3) is 0 Å². The Morgan fingerprint density at radius 1 is 1.33 bits per heavy atom. The Morgan fingerprint density at radius 3 is 2.83 bits per heavy atom. The maximum Gasteiger partial charge on any atom is 0.419 e. The summed E-state index contributed by atoms with van der Waals surface area (Å²) in [5, 5.41) is 5.30. The van der Waals surface area contributed by atoms with Gasteiger partial charge in [0, 0.05) is 19.3 Å². The first-order valence-corrected chi connectivity index (χ1v) is 9.63. The number of hydrogen-bond acceptors (Lipinski definition) is 5. The fourth-order valence-electron chi connectivity index (χ4n) is 3.39. The van der Waals surface area contributed by atoms with E-state index in [2.05, 4.69) is 15.6 Å². The number of furan rings is 1. The number of anilines is 1. The van der Waals surface area contributed by atoms with Crippen molar-refractivity contribution in [1.29, 1.82) is 0 Å². The third-order valence-corrected chi connectivity index (χ3v) is 4.95. The van der Waals surface area contributed by atoms with Crippen LogP contribution in [0, 0.1) is 5.92 Å². The summed E-state index contributed by atoms with van der Waals surface area (Å²) in [7, 11) is 0. The number of halogens is 3. The Kier molecular flexibility index (Phi) is 6.63. The molecule has 2 N–H and O–H groups in total. The zero-order chi connectivity index (χ0) is 21.7. The predicted molar refractivity (Wildman–Crippen MR) is 102 cm³/mol. The molecule has 0 spiro atoms. The van der Waals surface area contributed by atoms with Crippen LogP contribution in [0.15, 0.2) is 41.1 Å². The van der Waals surface area contributed by atoms with E-state index in [4.69, 9.17) is 4.42 Å². The van der Waals surface area contributed by atoms with Crippen molar-refractivity contribution in [3.63, 3.8) is 0 Å². The molecule has 7 nitrogen and oxygen atoms in total. The van der Waals surface area contributed by atoms with E-state index in [1.165, 1.54) is 23.4 Å². The number of alkyl halides is 3. The molecule has 0 saturated carbocycles. The number of hydrogen-bond donors (Lipinski definition) is 2. The van der Waals surface area contributed by atoms with E-state index in [9.17, 15) is 22.8 Å². The Morgan fingerprint density at radius 2 is 2.13 bits per heavy atom. The van der Waals surface area contributed by atoms with Crippen molar-refractivity contribution in [2.75, 3.05) is 18.0 Å². The molecule has 1 aliphatic heterocycles. The van der Waals surface area contributed by atoms with E-state index in [1.807, 2.05) is 0 Å². The molecule has 2 amide bonds. The van der Waals surface area contributed by atoms with Crippen LogP contribution in [-0.4, -0.2) is 35.9 Å². The molecule has 2 unspecified atom stereocenters. The first-order chi connectivity index (χ1) is 14.3. The van der Waals surface area contributed by atoms with E-state index in [0.717, 1.165) is 6.07 Å². The number of nitrogens with zero attached hydrogens (tertiary/aromatic N) is 2. The Balaban J connectivity index is 1.59. The Bertz CT molecular complexity index is 870. The number of piperidine rings is 1. The van der Waals surface area contributed by atoms with Gasteiger partial charge in [-0.25, -0.2) is 4.98 Å². The molecule has 10 heteroatoms. The van der Waals surface area contributed by atoms with Gasteiger partial charge in [-0.05, 0) is 44.0 Å². The van der Waals surface area contributed by atoms with Gasteiger partial charge in [-0.15, -0.1) is 0 Å². The lowest BCUT2D eigenvalue weighted by Gasteiger charge is -2.34. The molecule has 2 aromatic rings. The minimum Gasteiger partial charge on any atom is -0.467 e. The van der Waals surface area contributed by atoms with Crippen molar-refractivity contribution in [2.24, 2.45) is 5.92 Å². The minimum absolute atomic E-state index is 0.104. The van der Waals surface area contributed by atoms with E-state index < -0.39 is 23.7 Å². The maximum atomic E-state index is 13.3. The molecule has 2 atom stereocenters. The number of aromatic nitrogens is 1. The van der Waals surface area contributed by atoms with Gasteiger partial charge in [0.05, 0.1) is 24.3 Å². The number of pyridine rings is 1. The van der Waals surface area contributed by atoms with Crippen LogP contribution < -0.4 is 15.5 Å². The lowest BCUT2D eigenvalue weighted by Crippen LogP contribution is -2.50. The van der Waals surface area contributed by atoms with Gasteiger partial charge >= 0.3 is 6.18 Å². The van der Waals surface area contributed by atoms with E-state index in [1.54, 1.807) is 19.1 Å². The van der Waals surface area contributed by atoms with Crippen molar-refractivity contribution >= 4 is 17.6 Å². The lowest BCUT2D eigenvalue weighted by molar-refractivity contribution is -0.137. The van der Waals surface area contributed by atoms with Gasteiger partial charge in [0.2, 0.25) is 11.8 Å².